The zero-order valence-corrected chi connectivity index (χ0v) is 13.2. The van der Waals surface area contributed by atoms with E-state index in [0.717, 1.165) is 26.7 Å². The highest BCUT2D eigenvalue weighted by Gasteiger charge is 2.09. The lowest BCUT2D eigenvalue weighted by Gasteiger charge is -2.05. The van der Waals surface area contributed by atoms with Gasteiger partial charge in [-0.15, -0.1) is 11.3 Å². The standard InChI is InChI=1S/C16H15FN2S2/c1-2-18-10-11-7-8-14(12(17)9-11)20-16-19-13-5-3-4-6-15(13)21-16/h3-9,18H,2,10H2,1H3. The molecule has 1 N–H and O–H groups in total. The molecule has 5 heteroatoms. The van der Waals surface area contributed by atoms with Crippen LogP contribution in [0.15, 0.2) is 51.7 Å². The Morgan fingerprint density at radius 1 is 1.24 bits per heavy atom. The maximum atomic E-state index is 14.1. The van der Waals surface area contributed by atoms with Gasteiger partial charge in [0.15, 0.2) is 4.34 Å². The largest absolute Gasteiger partial charge is 0.313 e. The maximum Gasteiger partial charge on any atom is 0.156 e. The Hall–Kier alpha value is -1.43. The zero-order chi connectivity index (χ0) is 14.7. The fourth-order valence-corrected chi connectivity index (χ4v) is 4.02. The highest BCUT2D eigenvalue weighted by Crippen LogP contribution is 2.35. The second-order valence-electron chi connectivity index (χ2n) is 4.59. The van der Waals surface area contributed by atoms with Crippen molar-refractivity contribution in [2.24, 2.45) is 0 Å². The molecule has 3 rings (SSSR count). The second-order valence-corrected chi connectivity index (χ2v) is 6.91. The van der Waals surface area contributed by atoms with Crippen LogP contribution < -0.4 is 5.32 Å². The predicted octanol–water partition coefficient (Wildman–Crippen LogP) is 4.70. The van der Waals surface area contributed by atoms with E-state index < -0.39 is 0 Å². The van der Waals surface area contributed by atoms with Crippen LogP contribution in [-0.2, 0) is 6.54 Å². The van der Waals surface area contributed by atoms with Gasteiger partial charge in [0.2, 0.25) is 0 Å². The molecule has 1 aromatic heterocycles. The third-order valence-corrected chi connectivity index (χ3v) is 5.19. The van der Waals surface area contributed by atoms with Crippen LogP contribution >= 0.6 is 23.1 Å². The maximum absolute atomic E-state index is 14.1. The number of hydrogen-bond acceptors (Lipinski definition) is 4. The summed E-state index contributed by atoms with van der Waals surface area (Å²) in [6.07, 6.45) is 0. The molecule has 0 spiro atoms. The molecular weight excluding hydrogens is 303 g/mol. The molecule has 108 valence electrons. The summed E-state index contributed by atoms with van der Waals surface area (Å²) in [5.41, 5.74) is 1.93. The monoisotopic (exact) mass is 318 g/mol. The van der Waals surface area contributed by atoms with E-state index in [1.54, 1.807) is 17.4 Å². The number of nitrogens with zero attached hydrogens (tertiary/aromatic N) is 1. The smallest absolute Gasteiger partial charge is 0.156 e. The Bertz CT molecular complexity index is 722. The second kappa shape index (κ2) is 6.56. The lowest BCUT2D eigenvalue weighted by Crippen LogP contribution is -2.11. The summed E-state index contributed by atoms with van der Waals surface area (Å²) in [6.45, 7) is 3.61. The van der Waals surface area contributed by atoms with Crippen molar-refractivity contribution in [3.05, 3.63) is 53.8 Å². The van der Waals surface area contributed by atoms with Crippen molar-refractivity contribution >= 4 is 33.3 Å². The molecule has 0 saturated heterocycles. The summed E-state index contributed by atoms with van der Waals surface area (Å²) >= 11 is 2.98. The molecule has 0 aliphatic heterocycles. The Morgan fingerprint density at radius 2 is 2.10 bits per heavy atom. The van der Waals surface area contributed by atoms with Gasteiger partial charge in [0.05, 0.1) is 15.1 Å². The number of halogens is 1. The quantitative estimate of drug-likeness (QED) is 0.738. The minimum Gasteiger partial charge on any atom is -0.313 e. The van der Waals surface area contributed by atoms with Crippen molar-refractivity contribution < 1.29 is 4.39 Å². The lowest BCUT2D eigenvalue weighted by atomic mass is 10.2. The van der Waals surface area contributed by atoms with Gasteiger partial charge in [-0.3, -0.25) is 0 Å². The summed E-state index contributed by atoms with van der Waals surface area (Å²) in [6, 6.07) is 13.4. The van der Waals surface area contributed by atoms with E-state index in [-0.39, 0.29) is 5.82 Å². The van der Waals surface area contributed by atoms with Crippen molar-refractivity contribution in [1.29, 1.82) is 0 Å². The molecule has 0 atom stereocenters. The summed E-state index contributed by atoms with van der Waals surface area (Å²) in [5, 5.41) is 3.19. The molecular formula is C16H15FN2S2. The van der Waals surface area contributed by atoms with Crippen LogP contribution in [0.1, 0.15) is 12.5 Å². The van der Waals surface area contributed by atoms with Gasteiger partial charge in [-0.25, -0.2) is 9.37 Å². The van der Waals surface area contributed by atoms with Crippen LogP contribution in [0, 0.1) is 5.82 Å². The average Bonchev–Trinajstić information content (AvgIpc) is 2.90. The van der Waals surface area contributed by atoms with Gasteiger partial charge in [0.25, 0.3) is 0 Å². The first-order valence-electron chi connectivity index (χ1n) is 6.79. The number of para-hydroxylation sites is 1. The molecule has 1 heterocycles. The van der Waals surface area contributed by atoms with Gasteiger partial charge in [-0.05, 0) is 36.4 Å². The van der Waals surface area contributed by atoms with Crippen molar-refractivity contribution in [2.75, 3.05) is 6.54 Å². The molecule has 0 amide bonds. The lowest BCUT2D eigenvalue weighted by molar-refractivity contribution is 0.596. The van der Waals surface area contributed by atoms with Crippen molar-refractivity contribution in [2.45, 2.75) is 22.7 Å². The van der Waals surface area contributed by atoms with Gasteiger partial charge in [-0.2, -0.15) is 0 Å². The third kappa shape index (κ3) is 3.43. The van der Waals surface area contributed by atoms with Crippen LogP contribution in [0.3, 0.4) is 0 Å². The Kier molecular flexibility index (Phi) is 4.53. The highest BCUT2D eigenvalue weighted by molar-refractivity contribution is 8.01. The molecule has 0 fully saturated rings. The number of thiazole rings is 1. The Balaban J connectivity index is 1.80. The van der Waals surface area contributed by atoms with Gasteiger partial charge >= 0.3 is 0 Å². The van der Waals surface area contributed by atoms with Crippen molar-refractivity contribution in [3.8, 4) is 0 Å². The van der Waals surface area contributed by atoms with Gasteiger partial charge < -0.3 is 5.32 Å². The van der Waals surface area contributed by atoms with E-state index in [4.69, 9.17) is 0 Å². The first kappa shape index (κ1) is 14.5. The van der Waals surface area contributed by atoms with E-state index in [9.17, 15) is 4.39 Å². The minimum absolute atomic E-state index is 0.186. The van der Waals surface area contributed by atoms with E-state index in [2.05, 4.69) is 10.3 Å². The Morgan fingerprint density at radius 3 is 2.86 bits per heavy atom. The molecule has 0 aliphatic carbocycles. The predicted molar refractivity (Wildman–Crippen MR) is 87.5 cm³/mol. The van der Waals surface area contributed by atoms with Crippen LogP contribution in [0.4, 0.5) is 4.39 Å². The molecule has 2 nitrogen and oxygen atoms in total. The molecule has 3 aromatic rings. The number of benzene rings is 2. The van der Waals surface area contributed by atoms with Crippen LogP contribution in [0.2, 0.25) is 0 Å². The fourth-order valence-electron chi connectivity index (χ4n) is 2.00. The Labute approximate surface area is 131 Å². The van der Waals surface area contributed by atoms with Crippen LogP contribution in [0.5, 0.6) is 0 Å². The van der Waals surface area contributed by atoms with E-state index >= 15 is 0 Å². The number of hydrogen-bond donors (Lipinski definition) is 1. The number of rotatable bonds is 5. The van der Waals surface area contributed by atoms with E-state index in [1.807, 2.05) is 43.3 Å². The normalized spacial score (nSPS) is 11.1. The SMILES string of the molecule is CCNCc1ccc(Sc2nc3ccccc3s2)c(F)c1. The van der Waals surface area contributed by atoms with E-state index in [0.29, 0.717) is 11.4 Å². The molecule has 0 saturated carbocycles. The summed E-state index contributed by atoms with van der Waals surface area (Å²) in [5.74, 6) is -0.186. The van der Waals surface area contributed by atoms with Gasteiger partial charge in [0, 0.05) is 6.54 Å². The summed E-state index contributed by atoms with van der Waals surface area (Å²) in [4.78, 5) is 5.14. The minimum atomic E-state index is -0.186. The topological polar surface area (TPSA) is 24.9 Å². The molecule has 0 radical (unpaired) electrons. The van der Waals surface area contributed by atoms with Crippen molar-refractivity contribution in [1.82, 2.24) is 10.3 Å². The molecule has 0 bridgehead atoms. The average molecular weight is 318 g/mol. The molecule has 2 aromatic carbocycles. The van der Waals surface area contributed by atoms with Crippen molar-refractivity contribution in [3.63, 3.8) is 0 Å². The summed E-state index contributed by atoms with van der Waals surface area (Å²) in [7, 11) is 0. The van der Waals surface area contributed by atoms with E-state index in [1.165, 1.54) is 11.8 Å². The first-order valence-corrected chi connectivity index (χ1v) is 8.42. The number of aromatic nitrogens is 1. The van der Waals surface area contributed by atoms with Crippen LogP contribution in [0.25, 0.3) is 10.2 Å². The van der Waals surface area contributed by atoms with Gasteiger partial charge in [0.1, 0.15) is 5.82 Å². The number of fused-ring (bicyclic) bond motifs is 1. The fraction of sp³-hybridized carbons (Fsp3) is 0.188. The van der Waals surface area contributed by atoms with Crippen LogP contribution in [-0.4, -0.2) is 11.5 Å². The molecule has 0 unspecified atom stereocenters. The van der Waals surface area contributed by atoms with Gasteiger partial charge in [-0.1, -0.05) is 36.9 Å². The summed E-state index contributed by atoms with van der Waals surface area (Å²) < 4.78 is 16.1. The zero-order valence-electron chi connectivity index (χ0n) is 11.6. The molecule has 0 aliphatic rings. The molecule has 21 heavy (non-hydrogen) atoms. The highest BCUT2D eigenvalue weighted by atomic mass is 32.2. The third-order valence-electron chi connectivity index (χ3n) is 3.05. The first-order chi connectivity index (χ1) is 10.3. The number of nitrogens with one attached hydrogen (secondary N) is 1.